The molecule has 13 nitrogen and oxygen atoms in total. The number of rotatable bonds is 33. The van der Waals surface area contributed by atoms with Gasteiger partial charge in [0.15, 0.2) is 0 Å². The van der Waals surface area contributed by atoms with Gasteiger partial charge in [-0.1, -0.05) is 48.1 Å². The second-order valence-electron chi connectivity index (χ2n) is 13.3. The predicted molar refractivity (Wildman–Crippen MR) is 181 cm³/mol. The number of hydrogen-bond donors (Lipinski definition) is 0. The van der Waals surface area contributed by atoms with E-state index in [4.69, 9.17) is 52.1 Å². The molecular weight excluding hydrogens is 628 g/mol. The van der Waals surface area contributed by atoms with Crippen molar-refractivity contribution in [1.29, 1.82) is 0 Å². The molecule has 13 heteroatoms. The zero-order chi connectivity index (χ0) is 35.9. The Bertz CT molecular complexity index is 792. The van der Waals surface area contributed by atoms with Gasteiger partial charge in [-0.3, -0.25) is 4.79 Å². The third kappa shape index (κ3) is 31.6. The van der Waals surface area contributed by atoms with E-state index < -0.39 is 5.97 Å². The molecule has 0 aromatic heterocycles. The van der Waals surface area contributed by atoms with Crippen molar-refractivity contribution >= 4 is 11.9 Å². The van der Waals surface area contributed by atoms with Crippen molar-refractivity contribution in [2.24, 2.45) is 16.7 Å². The van der Waals surface area contributed by atoms with E-state index in [-0.39, 0.29) is 35.9 Å². The third-order valence-electron chi connectivity index (χ3n) is 6.40. The van der Waals surface area contributed by atoms with Crippen LogP contribution in [-0.4, -0.2) is 144 Å². The first-order valence-electron chi connectivity index (χ1n) is 17.0. The first-order valence-corrected chi connectivity index (χ1v) is 17.0. The molecule has 0 aromatic rings. The van der Waals surface area contributed by atoms with E-state index in [2.05, 4.69) is 48.1 Å². The van der Waals surface area contributed by atoms with Gasteiger partial charge in [0.2, 0.25) is 0 Å². The number of carbonyl (C=O) groups excluding carboxylic acids is 2. The molecule has 0 aliphatic heterocycles. The molecule has 0 amide bonds. The molecule has 0 radical (unpaired) electrons. The van der Waals surface area contributed by atoms with Crippen molar-refractivity contribution < 1.29 is 61.7 Å². The highest BCUT2D eigenvalue weighted by molar-refractivity contribution is 5.86. The number of ether oxygens (including phenoxy) is 11. The predicted octanol–water partition coefficient (Wildman–Crippen LogP) is 3.90. The molecule has 0 saturated heterocycles. The maximum Gasteiger partial charge on any atom is 0.333 e. The van der Waals surface area contributed by atoms with Crippen LogP contribution in [0.3, 0.4) is 0 Å². The Morgan fingerprint density at radius 3 is 0.938 bits per heavy atom. The van der Waals surface area contributed by atoms with Crippen LogP contribution >= 0.6 is 0 Å². The highest BCUT2D eigenvalue weighted by Crippen LogP contribution is 2.36. The van der Waals surface area contributed by atoms with E-state index in [1.807, 2.05) is 0 Å². The Morgan fingerprint density at radius 2 is 0.708 bits per heavy atom. The van der Waals surface area contributed by atoms with Crippen LogP contribution in [-0.2, 0) is 61.7 Å². The van der Waals surface area contributed by atoms with Crippen LogP contribution in [0.2, 0.25) is 0 Å². The van der Waals surface area contributed by atoms with E-state index in [9.17, 15) is 9.59 Å². The highest BCUT2D eigenvalue weighted by Gasteiger charge is 2.35. The van der Waals surface area contributed by atoms with Gasteiger partial charge in [0.05, 0.1) is 125 Å². The van der Waals surface area contributed by atoms with Crippen LogP contribution in [0.4, 0.5) is 0 Å². The quantitative estimate of drug-likeness (QED) is 0.0559. The zero-order valence-electron chi connectivity index (χ0n) is 30.9. The Kier molecular flexibility index (Phi) is 29.1. The average Bonchev–Trinajstić information content (AvgIpc) is 3.01. The minimum Gasteiger partial charge on any atom is -0.463 e. The summed E-state index contributed by atoms with van der Waals surface area (Å²) in [7, 11) is 0. The van der Waals surface area contributed by atoms with Crippen molar-refractivity contribution in [3.8, 4) is 0 Å². The maximum atomic E-state index is 12.6. The van der Waals surface area contributed by atoms with Crippen molar-refractivity contribution in [3.05, 3.63) is 12.2 Å². The average molecular weight is 695 g/mol. The van der Waals surface area contributed by atoms with Crippen molar-refractivity contribution in [2.75, 3.05) is 132 Å². The molecular formula is C35H66O13. The van der Waals surface area contributed by atoms with Gasteiger partial charge >= 0.3 is 11.9 Å². The van der Waals surface area contributed by atoms with Crippen LogP contribution in [0, 0.1) is 16.7 Å². The molecule has 0 saturated carbocycles. The molecule has 0 aliphatic rings. The smallest absolute Gasteiger partial charge is 0.333 e. The third-order valence-corrected chi connectivity index (χ3v) is 6.40. The lowest BCUT2D eigenvalue weighted by Gasteiger charge is -2.33. The lowest BCUT2D eigenvalue weighted by molar-refractivity contribution is -0.155. The first kappa shape index (κ1) is 46.3. The van der Waals surface area contributed by atoms with Crippen LogP contribution in [0.5, 0.6) is 0 Å². The summed E-state index contributed by atoms with van der Waals surface area (Å²) >= 11 is 0. The van der Waals surface area contributed by atoms with Gasteiger partial charge in [-0.05, 0) is 24.2 Å². The molecule has 1 unspecified atom stereocenters. The Hall–Kier alpha value is -1.68. The van der Waals surface area contributed by atoms with Crippen molar-refractivity contribution in [3.63, 3.8) is 0 Å². The Morgan fingerprint density at radius 1 is 0.458 bits per heavy atom. The molecule has 0 heterocycles. The van der Waals surface area contributed by atoms with E-state index in [1.54, 1.807) is 6.92 Å². The van der Waals surface area contributed by atoms with Gasteiger partial charge in [0.1, 0.15) is 13.2 Å². The van der Waals surface area contributed by atoms with E-state index >= 15 is 0 Å². The molecule has 0 spiro atoms. The van der Waals surface area contributed by atoms with Gasteiger partial charge < -0.3 is 52.1 Å². The zero-order valence-corrected chi connectivity index (χ0v) is 30.9. The van der Waals surface area contributed by atoms with E-state index in [0.29, 0.717) is 124 Å². The van der Waals surface area contributed by atoms with Gasteiger partial charge in [0, 0.05) is 5.57 Å². The van der Waals surface area contributed by atoms with E-state index in [1.165, 1.54) is 0 Å². The molecule has 0 fully saturated rings. The fraction of sp³-hybridized carbons (Fsp3) is 0.886. The summed E-state index contributed by atoms with van der Waals surface area (Å²) in [5.41, 5.74) is 0.267. The Balaban J connectivity index is 3.30. The highest BCUT2D eigenvalue weighted by atomic mass is 16.6. The normalized spacial score (nSPS) is 12.6. The summed E-state index contributed by atoms with van der Waals surface area (Å²) in [4.78, 5) is 23.8. The Labute approximate surface area is 289 Å². The van der Waals surface area contributed by atoms with Crippen molar-refractivity contribution in [1.82, 2.24) is 0 Å². The maximum absolute atomic E-state index is 12.6. The standard InChI is InChI=1S/C35H66O13/c1-30(2)32(36)47-27-25-45-23-21-43-19-17-41-15-13-39-11-9-38-10-12-40-14-16-42-18-20-44-22-24-46-26-28-48-33(37)31(35(6,7)8)29-34(3,4)5/h31H,1,9-29H2,2-8H3. The van der Waals surface area contributed by atoms with Crippen LogP contribution in [0.25, 0.3) is 0 Å². The van der Waals surface area contributed by atoms with Gasteiger partial charge in [-0.25, -0.2) is 4.79 Å². The molecule has 0 aromatic carbocycles. The minimum atomic E-state index is -0.415. The van der Waals surface area contributed by atoms with Crippen LogP contribution in [0.15, 0.2) is 12.2 Å². The SMILES string of the molecule is C=C(C)C(=O)OCCOCCOCCOCCOCCOCCOCCOCCOCCOCCOC(=O)C(CC(C)(C)C)C(C)(C)C. The number of hydrogen-bond acceptors (Lipinski definition) is 13. The molecule has 0 rings (SSSR count). The lowest BCUT2D eigenvalue weighted by atomic mass is 9.72. The number of carbonyl (C=O) groups is 2. The topological polar surface area (TPSA) is 136 Å². The minimum absolute atomic E-state index is 0.0522. The summed E-state index contributed by atoms with van der Waals surface area (Å²) < 4.78 is 59.4. The molecule has 48 heavy (non-hydrogen) atoms. The largest absolute Gasteiger partial charge is 0.463 e. The van der Waals surface area contributed by atoms with Gasteiger partial charge in [0.25, 0.3) is 0 Å². The molecule has 284 valence electrons. The monoisotopic (exact) mass is 694 g/mol. The summed E-state index contributed by atoms with van der Waals surface area (Å²) in [6.45, 7) is 26.3. The first-order chi connectivity index (χ1) is 22.8. The summed E-state index contributed by atoms with van der Waals surface area (Å²) in [5, 5.41) is 0. The van der Waals surface area contributed by atoms with E-state index in [0.717, 1.165) is 6.42 Å². The summed E-state index contributed by atoms with van der Waals surface area (Å²) in [5.74, 6) is -0.728. The summed E-state index contributed by atoms with van der Waals surface area (Å²) in [6.07, 6.45) is 0.779. The second-order valence-corrected chi connectivity index (χ2v) is 13.3. The summed E-state index contributed by atoms with van der Waals surface area (Å²) in [6, 6.07) is 0. The molecule has 1 atom stereocenters. The van der Waals surface area contributed by atoms with Crippen molar-refractivity contribution in [2.45, 2.75) is 54.9 Å². The van der Waals surface area contributed by atoms with Gasteiger partial charge in [-0.15, -0.1) is 0 Å². The van der Waals surface area contributed by atoms with Crippen LogP contribution in [0.1, 0.15) is 54.9 Å². The van der Waals surface area contributed by atoms with Gasteiger partial charge in [-0.2, -0.15) is 0 Å². The van der Waals surface area contributed by atoms with Crippen LogP contribution < -0.4 is 0 Å². The molecule has 0 N–H and O–H groups in total. The second kappa shape index (κ2) is 30.2. The fourth-order valence-corrected chi connectivity index (χ4v) is 3.84. The fourth-order valence-electron chi connectivity index (χ4n) is 3.84. The lowest BCUT2D eigenvalue weighted by Crippen LogP contribution is -2.34. The molecule has 0 aliphatic carbocycles. The molecule has 0 bridgehead atoms. The number of esters is 2.